The fraction of sp³-hybridized carbons (Fsp3) is 0.263. The molecule has 25 heavy (non-hydrogen) atoms. The van der Waals surface area contributed by atoms with Crippen LogP contribution in [0.15, 0.2) is 53.4 Å². The average Bonchev–Trinajstić information content (AvgIpc) is 3.45. The number of nitrogens with one attached hydrogen (secondary N) is 2. The number of thioether (sulfide) groups is 1. The maximum absolute atomic E-state index is 12.3. The molecule has 1 atom stereocenters. The number of hydrogen-bond donors (Lipinski definition) is 2. The first-order valence-corrected chi connectivity index (χ1v) is 9.68. The van der Waals surface area contributed by atoms with E-state index >= 15 is 0 Å². The molecule has 3 rings (SSSR count). The summed E-state index contributed by atoms with van der Waals surface area (Å²) in [6.45, 7) is 0. The fourth-order valence-corrected chi connectivity index (χ4v) is 3.25. The SMILES string of the molecule is CSc1cccc(NC(=O)C(=O)NC(c2ccc(Cl)cc2)C2CC2)c1. The molecule has 1 saturated carbocycles. The zero-order chi connectivity index (χ0) is 17.8. The maximum Gasteiger partial charge on any atom is 0.313 e. The molecule has 2 aromatic carbocycles. The molecule has 2 amide bonds. The standard InChI is InChI=1S/C19H19ClN2O2S/c1-25-16-4-2-3-15(11-16)21-18(23)19(24)22-17(12-5-6-12)13-7-9-14(20)10-8-13/h2-4,7-12,17H,5-6H2,1H3,(H,21,23)(H,22,24). The van der Waals surface area contributed by atoms with E-state index in [1.54, 1.807) is 30.0 Å². The first-order chi connectivity index (χ1) is 12.1. The monoisotopic (exact) mass is 374 g/mol. The Morgan fingerprint density at radius 1 is 1.12 bits per heavy atom. The van der Waals surface area contributed by atoms with Crippen LogP contribution in [0.3, 0.4) is 0 Å². The van der Waals surface area contributed by atoms with E-state index in [9.17, 15) is 9.59 Å². The van der Waals surface area contributed by atoms with E-state index in [4.69, 9.17) is 11.6 Å². The molecule has 130 valence electrons. The minimum Gasteiger partial charge on any atom is -0.341 e. The lowest BCUT2D eigenvalue weighted by molar-refractivity contribution is -0.136. The Morgan fingerprint density at radius 2 is 1.84 bits per heavy atom. The predicted molar refractivity (Wildman–Crippen MR) is 102 cm³/mol. The Labute approximate surface area is 156 Å². The third-order valence-electron chi connectivity index (χ3n) is 4.14. The molecule has 1 unspecified atom stereocenters. The predicted octanol–water partition coefficient (Wildman–Crippen LogP) is 4.27. The highest BCUT2D eigenvalue weighted by atomic mass is 35.5. The topological polar surface area (TPSA) is 58.2 Å². The number of rotatable bonds is 5. The van der Waals surface area contributed by atoms with Crippen LogP contribution >= 0.6 is 23.4 Å². The summed E-state index contributed by atoms with van der Waals surface area (Å²) < 4.78 is 0. The number of amides is 2. The first-order valence-electron chi connectivity index (χ1n) is 8.08. The zero-order valence-electron chi connectivity index (χ0n) is 13.8. The summed E-state index contributed by atoms with van der Waals surface area (Å²) in [5.41, 5.74) is 1.58. The number of carbonyl (C=O) groups is 2. The smallest absolute Gasteiger partial charge is 0.313 e. The lowest BCUT2D eigenvalue weighted by Crippen LogP contribution is -2.38. The summed E-state index contributed by atoms with van der Waals surface area (Å²) in [5, 5.41) is 6.17. The number of hydrogen-bond acceptors (Lipinski definition) is 3. The molecule has 6 heteroatoms. The van der Waals surface area contributed by atoms with Gasteiger partial charge in [-0.1, -0.05) is 29.8 Å². The highest BCUT2D eigenvalue weighted by molar-refractivity contribution is 7.98. The van der Waals surface area contributed by atoms with E-state index in [1.807, 2.05) is 36.6 Å². The van der Waals surface area contributed by atoms with Gasteiger partial charge in [0.1, 0.15) is 0 Å². The lowest BCUT2D eigenvalue weighted by atomic mass is 10.0. The molecule has 1 aliphatic rings. The van der Waals surface area contributed by atoms with E-state index in [1.165, 1.54) is 0 Å². The van der Waals surface area contributed by atoms with Crippen LogP contribution in [0.1, 0.15) is 24.4 Å². The summed E-state index contributed by atoms with van der Waals surface area (Å²) >= 11 is 7.51. The molecule has 0 radical (unpaired) electrons. The minimum atomic E-state index is -0.655. The highest BCUT2D eigenvalue weighted by Gasteiger charge is 2.34. The molecule has 0 bridgehead atoms. The quantitative estimate of drug-likeness (QED) is 0.607. The summed E-state index contributed by atoms with van der Waals surface area (Å²) in [6.07, 6.45) is 4.05. The lowest BCUT2D eigenvalue weighted by Gasteiger charge is -2.18. The van der Waals surface area contributed by atoms with Gasteiger partial charge in [-0.2, -0.15) is 0 Å². The maximum atomic E-state index is 12.3. The zero-order valence-corrected chi connectivity index (χ0v) is 15.4. The normalized spacial score (nSPS) is 14.6. The van der Waals surface area contributed by atoms with Crippen molar-refractivity contribution >= 4 is 40.9 Å². The van der Waals surface area contributed by atoms with Gasteiger partial charge in [0.05, 0.1) is 6.04 Å². The van der Waals surface area contributed by atoms with Gasteiger partial charge in [-0.25, -0.2) is 0 Å². The van der Waals surface area contributed by atoms with Crippen LogP contribution in [-0.2, 0) is 9.59 Å². The fourth-order valence-electron chi connectivity index (χ4n) is 2.67. The Bertz CT molecular complexity index is 775. The Morgan fingerprint density at radius 3 is 2.48 bits per heavy atom. The Balaban J connectivity index is 1.66. The molecule has 1 fully saturated rings. The summed E-state index contributed by atoms with van der Waals surface area (Å²) in [5.74, 6) is -0.906. The van der Waals surface area contributed by atoms with Crippen molar-refractivity contribution in [1.29, 1.82) is 0 Å². The molecule has 2 aromatic rings. The minimum absolute atomic E-state index is 0.159. The van der Waals surface area contributed by atoms with Crippen molar-refractivity contribution in [3.05, 3.63) is 59.1 Å². The molecule has 1 aliphatic carbocycles. The van der Waals surface area contributed by atoms with Gasteiger partial charge in [0, 0.05) is 15.6 Å². The van der Waals surface area contributed by atoms with E-state index in [0.717, 1.165) is 23.3 Å². The van der Waals surface area contributed by atoms with Gasteiger partial charge >= 0.3 is 11.8 Å². The average molecular weight is 375 g/mol. The second-order valence-corrected chi connectivity index (χ2v) is 7.34. The van der Waals surface area contributed by atoms with Gasteiger partial charge in [0.15, 0.2) is 0 Å². The van der Waals surface area contributed by atoms with Crippen molar-refractivity contribution in [3.8, 4) is 0 Å². The molecule has 0 saturated heterocycles. The van der Waals surface area contributed by atoms with Crippen molar-refractivity contribution < 1.29 is 9.59 Å². The molecular weight excluding hydrogens is 356 g/mol. The van der Waals surface area contributed by atoms with Gasteiger partial charge in [-0.3, -0.25) is 9.59 Å². The molecule has 0 aliphatic heterocycles. The van der Waals surface area contributed by atoms with E-state index in [-0.39, 0.29) is 6.04 Å². The van der Waals surface area contributed by atoms with Gasteiger partial charge in [-0.15, -0.1) is 11.8 Å². The van der Waals surface area contributed by atoms with Crippen molar-refractivity contribution in [3.63, 3.8) is 0 Å². The van der Waals surface area contributed by atoms with Crippen LogP contribution in [0.4, 0.5) is 5.69 Å². The van der Waals surface area contributed by atoms with Crippen LogP contribution in [0.2, 0.25) is 5.02 Å². The van der Waals surface area contributed by atoms with E-state index in [2.05, 4.69) is 10.6 Å². The number of benzene rings is 2. The van der Waals surface area contributed by atoms with Gasteiger partial charge in [0.25, 0.3) is 0 Å². The second-order valence-electron chi connectivity index (χ2n) is 6.03. The van der Waals surface area contributed by atoms with Crippen LogP contribution in [-0.4, -0.2) is 18.1 Å². The van der Waals surface area contributed by atoms with Gasteiger partial charge < -0.3 is 10.6 Å². The molecule has 0 heterocycles. The van der Waals surface area contributed by atoms with E-state index in [0.29, 0.717) is 16.6 Å². The number of anilines is 1. The second kappa shape index (κ2) is 7.93. The molecular formula is C19H19ClN2O2S. The van der Waals surface area contributed by atoms with Crippen LogP contribution < -0.4 is 10.6 Å². The van der Waals surface area contributed by atoms with Gasteiger partial charge in [-0.05, 0) is 60.9 Å². The van der Waals surface area contributed by atoms with Crippen LogP contribution in [0.5, 0.6) is 0 Å². The first kappa shape index (κ1) is 17.8. The van der Waals surface area contributed by atoms with Gasteiger partial charge in [0.2, 0.25) is 0 Å². The molecule has 0 aromatic heterocycles. The van der Waals surface area contributed by atoms with E-state index < -0.39 is 11.8 Å². The summed E-state index contributed by atoms with van der Waals surface area (Å²) in [6, 6.07) is 14.6. The van der Waals surface area contributed by atoms with Crippen molar-refractivity contribution in [2.45, 2.75) is 23.8 Å². The third kappa shape index (κ3) is 4.77. The Kier molecular flexibility index (Phi) is 5.66. The third-order valence-corrected chi connectivity index (χ3v) is 5.12. The number of halogens is 1. The van der Waals surface area contributed by atoms with Crippen molar-refractivity contribution in [1.82, 2.24) is 5.32 Å². The molecule has 4 nitrogen and oxygen atoms in total. The number of carbonyl (C=O) groups excluding carboxylic acids is 2. The van der Waals surface area contributed by atoms with Crippen LogP contribution in [0, 0.1) is 5.92 Å². The highest BCUT2D eigenvalue weighted by Crippen LogP contribution is 2.41. The largest absolute Gasteiger partial charge is 0.341 e. The van der Waals surface area contributed by atoms with Crippen molar-refractivity contribution in [2.75, 3.05) is 11.6 Å². The molecule has 2 N–H and O–H groups in total. The Hall–Kier alpha value is -1.98. The van der Waals surface area contributed by atoms with Crippen molar-refractivity contribution in [2.24, 2.45) is 5.92 Å². The summed E-state index contributed by atoms with van der Waals surface area (Å²) in [4.78, 5) is 25.6. The molecule has 0 spiro atoms. The van der Waals surface area contributed by atoms with Crippen LogP contribution in [0.25, 0.3) is 0 Å². The summed E-state index contributed by atoms with van der Waals surface area (Å²) in [7, 11) is 0.